The summed E-state index contributed by atoms with van der Waals surface area (Å²) in [6.45, 7) is 8.61. The Morgan fingerprint density at radius 2 is 1.54 bits per heavy atom. The molecule has 1 aliphatic heterocycles. The first-order valence-electron chi connectivity index (χ1n) is 8.69. The van der Waals surface area contributed by atoms with Gasteiger partial charge in [-0.25, -0.2) is 4.79 Å². The lowest BCUT2D eigenvalue weighted by molar-refractivity contribution is -0.135. The van der Waals surface area contributed by atoms with Crippen molar-refractivity contribution in [2.45, 2.75) is 5.25 Å². The number of hydrogen-bond donors (Lipinski definition) is 0. The predicted octanol–water partition coefficient (Wildman–Crippen LogP) is 5.86. The van der Waals surface area contributed by atoms with E-state index in [4.69, 9.17) is 21.1 Å². The minimum atomic E-state index is -0.344. The summed E-state index contributed by atoms with van der Waals surface area (Å²) in [5.41, 5.74) is 3.79. The van der Waals surface area contributed by atoms with Crippen LogP contribution in [0, 0.1) is 5.92 Å². The molecule has 5 heteroatoms. The van der Waals surface area contributed by atoms with E-state index in [0.717, 1.165) is 28.0 Å². The van der Waals surface area contributed by atoms with Gasteiger partial charge in [-0.3, -0.25) is 0 Å². The van der Waals surface area contributed by atoms with Gasteiger partial charge in [0.2, 0.25) is 0 Å². The Bertz CT molecular complexity index is 929. The van der Waals surface area contributed by atoms with Crippen LogP contribution in [0.25, 0.3) is 11.1 Å². The van der Waals surface area contributed by atoms with Crippen molar-refractivity contribution in [3.05, 3.63) is 88.8 Å². The van der Waals surface area contributed by atoms with E-state index < -0.39 is 0 Å². The molecule has 2 atom stereocenters. The number of ether oxygens (including phenoxy) is 2. The first-order valence-corrected chi connectivity index (χ1v) is 9.95. The molecule has 0 unspecified atom stereocenters. The van der Waals surface area contributed by atoms with Crippen LogP contribution in [-0.2, 0) is 9.53 Å². The van der Waals surface area contributed by atoms with E-state index in [1.54, 1.807) is 7.11 Å². The van der Waals surface area contributed by atoms with Crippen LogP contribution in [0.15, 0.2) is 72.7 Å². The second-order valence-corrected chi connectivity index (χ2v) is 7.99. The Morgan fingerprint density at radius 1 is 0.964 bits per heavy atom. The molecular formula is C23H21ClO3S. The number of thioether (sulfide) groups is 1. The number of benzene rings is 2. The number of esters is 1. The van der Waals surface area contributed by atoms with E-state index in [1.165, 1.54) is 18.9 Å². The van der Waals surface area contributed by atoms with Gasteiger partial charge in [-0.15, -0.1) is 11.8 Å². The van der Waals surface area contributed by atoms with Crippen LogP contribution >= 0.6 is 23.4 Å². The van der Waals surface area contributed by atoms with E-state index in [9.17, 15) is 4.79 Å². The second-order valence-electron chi connectivity index (χ2n) is 6.37. The molecule has 144 valence electrons. The number of hydrogen-bond acceptors (Lipinski definition) is 4. The zero-order valence-electron chi connectivity index (χ0n) is 15.8. The number of methoxy groups -OCH3 is 2. The summed E-state index contributed by atoms with van der Waals surface area (Å²) in [4.78, 5) is 12.7. The van der Waals surface area contributed by atoms with Gasteiger partial charge in [0.15, 0.2) is 0 Å². The van der Waals surface area contributed by atoms with Crippen molar-refractivity contribution in [3.8, 4) is 5.75 Å². The summed E-state index contributed by atoms with van der Waals surface area (Å²) < 4.78 is 10.2. The fourth-order valence-corrected chi connectivity index (χ4v) is 4.59. The molecule has 2 aromatic rings. The highest BCUT2D eigenvalue weighted by atomic mass is 35.5. The summed E-state index contributed by atoms with van der Waals surface area (Å²) in [6, 6.07) is 15.3. The van der Waals surface area contributed by atoms with Gasteiger partial charge in [0, 0.05) is 16.2 Å². The highest BCUT2D eigenvalue weighted by Crippen LogP contribution is 2.48. The molecule has 0 saturated carbocycles. The van der Waals surface area contributed by atoms with Gasteiger partial charge in [-0.2, -0.15) is 0 Å². The number of allylic oxidation sites excluding steroid dienone is 2. The summed E-state index contributed by atoms with van der Waals surface area (Å²) in [7, 11) is 3.02. The van der Waals surface area contributed by atoms with E-state index in [2.05, 4.69) is 13.2 Å². The second kappa shape index (κ2) is 8.72. The molecule has 2 aromatic carbocycles. The summed E-state index contributed by atoms with van der Waals surface area (Å²) in [5, 5.41) is 0.605. The minimum Gasteiger partial charge on any atom is -0.497 e. The van der Waals surface area contributed by atoms with Gasteiger partial charge in [-0.1, -0.05) is 55.1 Å². The maximum atomic E-state index is 12.1. The van der Waals surface area contributed by atoms with Crippen LogP contribution in [0.3, 0.4) is 0 Å². The van der Waals surface area contributed by atoms with Gasteiger partial charge in [-0.05, 0) is 46.5 Å². The Hall–Kier alpha value is -2.43. The highest BCUT2D eigenvalue weighted by Gasteiger charge is 2.36. The third-order valence-electron chi connectivity index (χ3n) is 4.72. The van der Waals surface area contributed by atoms with Crippen LogP contribution in [0.5, 0.6) is 5.75 Å². The van der Waals surface area contributed by atoms with Gasteiger partial charge in [0.05, 0.1) is 19.1 Å². The van der Waals surface area contributed by atoms with Gasteiger partial charge < -0.3 is 9.47 Å². The molecule has 0 fully saturated rings. The van der Waals surface area contributed by atoms with E-state index >= 15 is 0 Å². The zero-order valence-corrected chi connectivity index (χ0v) is 17.3. The van der Waals surface area contributed by atoms with Crippen molar-refractivity contribution in [1.82, 2.24) is 0 Å². The van der Waals surface area contributed by atoms with Crippen LogP contribution in [0.1, 0.15) is 11.1 Å². The van der Waals surface area contributed by atoms with Gasteiger partial charge in [0.1, 0.15) is 5.75 Å². The summed E-state index contributed by atoms with van der Waals surface area (Å²) >= 11 is 7.47. The third-order valence-corrected chi connectivity index (χ3v) is 6.36. The maximum absolute atomic E-state index is 12.1. The molecule has 0 radical (unpaired) electrons. The predicted molar refractivity (Wildman–Crippen MR) is 117 cm³/mol. The molecule has 0 aromatic heterocycles. The average Bonchev–Trinajstić information content (AvgIpc) is 3.18. The first-order chi connectivity index (χ1) is 13.4. The van der Waals surface area contributed by atoms with Gasteiger partial charge >= 0.3 is 5.97 Å². The number of rotatable bonds is 6. The molecule has 0 saturated heterocycles. The smallest absolute Gasteiger partial charge is 0.344 e. The zero-order chi connectivity index (χ0) is 20.3. The topological polar surface area (TPSA) is 35.5 Å². The monoisotopic (exact) mass is 412 g/mol. The molecule has 1 aliphatic rings. The fourth-order valence-electron chi connectivity index (χ4n) is 3.11. The van der Waals surface area contributed by atoms with E-state index in [-0.39, 0.29) is 17.1 Å². The number of halogens is 1. The molecule has 3 rings (SSSR count). The molecule has 0 aliphatic carbocycles. The van der Waals surface area contributed by atoms with Crippen molar-refractivity contribution >= 4 is 40.5 Å². The largest absolute Gasteiger partial charge is 0.497 e. The standard InChI is InChI=1S/C23H21ClO3S/c1-14(16-7-11-19(26-3)12-8-16)20-13-21(23(25)27-4)28-22(20)15(2)17-5-9-18(24)10-6-17/h5-13,20,22H,1-2H2,3-4H3/t20-,22-/m1/s1. The molecule has 28 heavy (non-hydrogen) atoms. The average molecular weight is 413 g/mol. The van der Waals surface area contributed by atoms with Crippen molar-refractivity contribution in [2.75, 3.05) is 14.2 Å². The number of carbonyl (C=O) groups is 1. The Morgan fingerprint density at radius 3 is 2.11 bits per heavy atom. The molecule has 0 spiro atoms. The van der Waals surface area contributed by atoms with Crippen LogP contribution < -0.4 is 4.74 Å². The summed E-state index contributed by atoms with van der Waals surface area (Å²) in [5.74, 6) is 0.352. The Balaban J connectivity index is 1.93. The van der Waals surface area contributed by atoms with E-state index in [1.807, 2.05) is 54.6 Å². The van der Waals surface area contributed by atoms with Crippen LogP contribution in [0.4, 0.5) is 0 Å². The normalized spacial score (nSPS) is 18.3. The van der Waals surface area contributed by atoms with Gasteiger partial charge in [0.25, 0.3) is 0 Å². The van der Waals surface area contributed by atoms with Crippen LogP contribution in [-0.4, -0.2) is 25.4 Å². The minimum absolute atomic E-state index is 0.0649. The quantitative estimate of drug-likeness (QED) is 0.556. The molecule has 1 heterocycles. The van der Waals surface area contributed by atoms with Crippen molar-refractivity contribution in [3.63, 3.8) is 0 Å². The summed E-state index contributed by atoms with van der Waals surface area (Å²) in [6.07, 6.45) is 1.93. The SMILES string of the molecule is C=C(c1ccc(OC)cc1)[C@H]1C=C(C(=O)OC)S[C@@H]1C(=C)c1ccc(Cl)cc1. The van der Waals surface area contributed by atoms with Crippen molar-refractivity contribution in [1.29, 1.82) is 0 Å². The molecule has 3 nitrogen and oxygen atoms in total. The Kier molecular flexibility index (Phi) is 6.32. The lowest BCUT2D eigenvalue weighted by atomic mass is 9.86. The Labute approximate surface area is 174 Å². The lowest BCUT2D eigenvalue weighted by Gasteiger charge is -2.23. The third kappa shape index (κ3) is 4.18. The van der Waals surface area contributed by atoms with Crippen molar-refractivity contribution in [2.24, 2.45) is 5.92 Å². The molecular weight excluding hydrogens is 392 g/mol. The molecule has 0 bridgehead atoms. The molecule has 0 N–H and O–H groups in total. The van der Waals surface area contributed by atoms with E-state index in [0.29, 0.717) is 9.93 Å². The number of carbonyl (C=O) groups excluding carboxylic acids is 1. The highest BCUT2D eigenvalue weighted by molar-refractivity contribution is 8.05. The van der Waals surface area contributed by atoms with Crippen molar-refractivity contribution < 1.29 is 14.3 Å². The first kappa shape index (κ1) is 20.3. The van der Waals surface area contributed by atoms with Crippen LogP contribution in [0.2, 0.25) is 5.02 Å². The lowest BCUT2D eigenvalue weighted by Crippen LogP contribution is -2.15. The molecule has 0 amide bonds. The fraction of sp³-hybridized carbons (Fsp3) is 0.174. The maximum Gasteiger partial charge on any atom is 0.344 e.